The number of hydrogen-bond donors (Lipinski definition) is 2. The molecule has 3 aromatic carbocycles. The van der Waals surface area contributed by atoms with E-state index in [-0.39, 0.29) is 0 Å². The number of anilines is 1. The van der Waals surface area contributed by atoms with Crippen LogP contribution in [0.25, 0.3) is 10.8 Å². The van der Waals surface area contributed by atoms with E-state index in [1.807, 2.05) is 6.20 Å². The molecule has 1 unspecified atom stereocenters. The summed E-state index contributed by atoms with van der Waals surface area (Å²) in [5.74, 6) is 0.640. The molecule has 31 heavy (non-hydrogen) atoms. The fourth-order valence-corrected chi connectivity index (χ4v) is 5.08. The largest absolute Gasteiger partial charge is 0.377 e. The van der Waals surface area contributed by atoms with Crippen LogP contribution in [0.3, 0.4) is 0 Å². The first-order valence-electron chi connectivity index (χ1n) is 10.6. The number of fused-ring (bicyclic) bond motifs is 2. The molecule has 0 amide bonds. The molecule has 0 saturated heterocycles. The average molecular weight is 431 g/mol. The lowest BCUT2D eigenvalue weighted by Gasteiger charge is -2.27. The zero-order valence-electron chi connectivity index (χ0n) is 17.3. The molecule has 1 aromatic heterocycles. The molecular formula is C25H26N4OS. The van der Waals surface area contributed by atoms with Gasteiger partial charge in [0, 0.05) is 42.2 Å². The van der Waals surface area contributed by atoms with E-state index in [2.05, 4.69) is 86.5 Å². The molecule has 1 atom stereocenters. The monoisotopic (exact) mass is 430 g/mol. The maximum Gasteiger partial charge on any atom is 0.117 e. The zero-order valence-corrected chi connectivity index (χ0v) is 18.1. The van der Waals surface area contributed by atoms with Crippen LogP contribution in [0.4, 0.5) is 5.69 Å². The van der Waals surface area contributed by atoms with E-state index < -0.39 is 6.23 Å². The van der Waals surface area contributed by atoms with Crippen LogP contribution < -0.4 is 4.90 Å². The van der Waals surface area contributed by atoms with Crippen LogP contribution in [-0.2, 0) is 13.1 Å². The summed E-state index contributed by atoms with van der Waals surface area (Å²) in [5, 5.41) is 13.5. The summed E-state index contributed by atoms with van der Waals surface area (Å²) < 4.78 is 0. The van der Waals surface area contributed by atoms with E-state index in [1.54, 1.807) is 18.1 Å². The molecule has 0 spiro atoms. The Labute approximate surface area is 186 Å². The lowest BCUT2D eigenvalue weighted by Crippen LogP contribution is -2.39. The van der Waals surface area contributed by atoms with Crippen molar-refractivity contribution >= 4 is 28.2 Å². The van der Waals surface area contributed by atoms with E-state index in [9.17, 15) is 5.11 Å². The Morgan fingerprint density at radius 3 is 2.71 bits per heavy atom. The Morgan fingerprint density at radius 2 is 1.84 bits per heavy atom. The maximum atomic E-state index is 11.0. The van der Waals surface area contributed by atoms with Gasteiger partial charge in [-0.3, -0.25) is 4.90 Å². The second-order valence-corrected chi connectivity index (χ2v) is 8.99. The van der Waals surface area contributed by atoms with Gasteiger partial charge in [-0.2, -0.15) is 0 Å². The molecule has 0 aliphatic carbocycles. The highest BCUT2D eigenvalue weighted by molar-refractivity contribution is 7.99. The second-order valence-electron chi connectivity index (χ2n) is 7.90. The number of aromatic amines is 1. The van der Waals surface area contributed by atoms with Gasteiger partial charge in [0.1, 0.15) is 6.23 Å². The van der Waals surface area contributed by atoms with Gasteiger partial charge in [-0.25, -0.2) is 4.98 Å². The summed E-state index contributed by atoms with van der Waals surface area (Å²) in [7, 11) is 0. The summed E-state index contributed by atoms with van der Waals surface area (Å²) in [5.41, 5.74) is 3.57. The van der Waals surface area contributed by atoms with E-state index in [4.69, 9.17) is 0 Å². The number of thioether (sulfide) groups is 1. The van der Waals surface area contributed by atoms with Gasteiger partial charge in [0.15, 0.2) is 0 Å². The van der Waals surface area contributed by atoms with Crippen molar-refractivity contribution in [2.75, 3.05) is 23.7 Å². The van der Waals surface area contributed by atoms with Crippen LogP contribution in [-0.4, -0.2) is 45.0 Å². The molecule has 5 rings (SSSR count). The number of imidazole rings is 1. The zero-order chi connectivity index (χ0) is 21.0. The van der Waals surface area contributed by atoms with Crippen LogP contribution in [0.5, 0.6) is 0 Å². The van der Waals surface area contributed by atoms with Crippen molar-refractivity contribution < 1.29 is 5.11 Å². The second kappa shape index (κ2) is 9.14. The molecule has 1 aliphatic rings. The van der Waals surface area contributed by atoms with Crippen molar-refractivity contribution in [2.24, 2.45) is 0 Å². The number of aliphatic hydroxyl groups excluding tert-OH is 1. The molecule has 2 heterocycles. The topological polar surface area (TPSA) is 55.4 Å². The Balaban J connectivity index is 1.27. The number of nitrogens with zero attached hydrogens (tertiary/aromatic N) is 3. The third kappa shape index (κ3) is 4.61. The third-order valence-corrected chi connectivity index (χ3v) is 6.87. The molecular weight excluding hydrogens is 404 g/mol. The number of para-hydroxylation sites is 1. The predicted molar refractivity (Wildman–Crippen MR) is 127 cm³/mol. The van der Waals surface area contributed by atoms with Crippen LogP contribution in [0.2, 0.25) is 0 Å². The van der Waals surface area contributed by atoms with Crippen molar-refractivity contribution in [2.45, 2.75) is 24.2 Å². The average Bonchev–Trinajstić information content (AvgIpc) is 3.25. The minimum atomic E-state index is -0.503. The summed E-state index contributed by atoms with van der Waals surface area (Å²) in [6.45, 7) is 3.19. The summed E-state index contributed by atoms with van der Waals surface area (Å²) >= 11 is 1.71. The minimum absolute atomic E-state index is 0.503. The van der Waals surface area contributed by atoms with Gasteiger partial charge in [-0.05, 0) is 34.5 Å². The molecule has 0 fully saturated rings. The third-order valence-electron chi connectivity index (χ3n) is 5.82. The molecule has 1 aliphatic heterocycles. The summed E-state index contributed by atoms with van der Waals surface area (Å²) in [6, 6.07) is 23.4. The number of benzene rings is 3. The van der Waals surface area contributed by atoms with Gasteiger partial charge in [0.2, 0.25) is 0 Å². The first-order chi connectivity index (χ1) is 15.3. The van der Waals surface area contributed by atoms with E-state index in [0.717, 1.165) is 31.9 Å². The number of H-pyrrole nitrogens is 1. The first kappa shape index (κ1) is 20.1. The van der Waals surface area contributed by atoms with Crippen LogP contribution in [0, 0.1) is 0 Å². The highest BCUT2D eigenvalue weighted by atomic mass is 32.2. The van der Waals surface area contributed by atoms with Crippen LogP contribution in [0.15, 0.2) is 84.1 Å². The van der Waals surface area contributed by atoms with Gasteiger partial charge >= 0.3 is 0 Å². The number of aliphatic hydroxyl groups is 1. The lowest BCUT2D eigenvalue weighted by molar-refractivity contribution is 0.0200. The Bertz CT molecular complexity index is 1150. The van der Waals surface area contributed by atoms with E-state index in [0.29, 0.717) is 5.75 Å². The number of nitrogens with one attached hydrogen (secondary N) is 1. The molecule has 2 N–H and O–H groups in total. The number of aromatic nitrogens is 2. The predicted octanol–water partition coefficient (Wildman–Crippen LogP) is 4.50. The highest BCUT2D eigenvalue weighted by Gasteiger charge is 2.24. The maximum absolute atomic E-state index is 11.0. The van der Waals surface area contributed by atoms with Crippen LogP contribution in [0.1, 0.15) is 11.3 Å². The fraction of sp³-hybridized carbons (Fsp3) is 0.240. The smallest absolute Gasteiger partial charge is 0.117 e. The summed E-state index contributed by atoms with van der Waals surface area (Å²) in [6.07, 6.45) is 3.09. The van der Waals surface area contributed by atoms with E-state index in [1.165, 1.54) is 26.9 Å². The Kier molecular flexibility index (Phi) is 5.93. The summed E-state index contributed by atoms with van der Waals surface area (Å²) in [4.78, 5) is 13.1. The van der Waals surface area contributed by atoms with Crippen LogP contribution >= 0.6 is 11.8 Å². The van der Waals surface area contributed by atoms with Crippen molar-refractivity contribution in [3.05, 3.63) is 90.5 Å². The van der Waals surface area contributed by atoms with Gasteiger partial charge in [-0.1, -0.05) is 48.5 Å². The quantitative estimate of drug-likeness (QED) is 0.441. The molecule has 5 nitrogen and oxygen atoms in total. The number of hydrogen-bond acceptors (Lipinski definition) is 5. The Hall–Kier alpha value is -2.80. The molecule has 4 aromatic rings. The molecule has 6 heteroatoms. The van der Waals surface area contributed by atoms with Gasteiger partial charge in [0.25, 0.3) is 0 Å². The molecule has 0 bridgehead atoms. The molecule has 158 valence electrons. The highest BCUT2D eigenvalue weighted by Crippen LogP contribution is 2.29. The van der Waals surface area contributed by atoms with E-state index >= 15 is 0 Å². The SMILES string of the molecule is OC(CSc1ccc2ccccc2c1)N1CCN(Cc2cnc[nH]2)c2ccccc2C1. The van der Waals surface area contributed by atoms with Crippen molar-refractivity contribution in [3.8, 4) is 0 Å². The minimum Gasteiger partial charge on any atom is -0.377 e. The molecule has 0 saturated carbocycles. The lowest BCUT2D eigenvalue weighted by atomic mass is 10.1. The molecule has 0 radical (unpaired) electrons. The van der Waals surface area contributed by atoms with Gasteiger partial charge in [0.05, 0.1) is 18.6 Å². The fourth-order valence-electron chi connectivity index (χ4n) is 4.15. The van der Waals surface area contributed by atoms with Crippen molar-refractivity contribution in [1.29, 1.82) is 0 Å². The van der Waals surface area contributed by atoms with Gasteiger partial charge in [-0.15, -0.1) is 11.8 Å². The Morgan fingerprint density at radius 1 is 1.00 bits per heavy atom. The van der Waals surface area contributed by atoms with Crippen molar-refractivity contribution in [1.82, 2.24) is 14.9 Å². The normalized spacial score (nSPS) is 15.6. The standard InChI is InChI=1S/C25H26N4OS/c30-25(17-31-23-10-9-19-5-1-2-6-20(19)13-23)29-12-11-28(16-22-14-26-18-27-22)24-8-4-3-7-21(24)15-29/h1-10,13-14,18,25,30H,11-12,15-17H2,(H,26,27). The van der Waals surface area contributed by atoms with Crippen molar-refractivity contribution in [3.63, 3.8) is 0 Å². The van der Waals surface area contributed by atoms with Gasteiger partial charge < -0.3 is 15.0 Å². The first-order valence-corrected chi connectivity index (χ1v) is 11.6. The number of rotatable bonds is 6.